The second-order valence-electron chi connectivity index (χ2n) is 4.73. The van der Waals surface area contributed by atoms with Gasteiger partial charge in [0, 0.05) is 10.9 Å². The van der Waals surface area contributed by atoms with Crippen molar-refractivity contribution in [2.24, 2.45) is 0 Å². The molecule has 1 heterocycles. The number of thiophene rings is 1. The standard InChI is InChI=1S/C13H17N3O3S/c1-3-9-7(2)6-10(20-9)11(17)15-16-13(19)12(18)14-8-4-5-8/h6,8H,3-5H2,1-2H3,(H,14,18)(H,15,17)(H,16,19). The maximum atomic E-state index is 11.8. The van der Waals surface area contributed by atoms with Gasteiger partial charge in [-0.25, -0.2) is 0 Å². The van der Waals surface area contributed by atoms with Crippen LogP contribution in [0.2, 0.25) is 0 Å². The number of carbonyl (C=O) groups excluding carboxylic acids is 3. The molecule has 1 aliphatic carbocycles. The number of hydrazine groups is 1. The number of hydrogen-bond acceptors (Lipinski definition) is 4. The summed E-state index contributed by atoms with van der Waals surface area (Å²) in [4.78, 5) is 36.3. The van der Waals surface area contributed by atoms with Crippen LogP contribution in [-0.4, -0.2) is 23.8 Å². The van der Waals surface area contributed by atoms with Gasteiger partial charge in [-0.1, -0.05) is 6.92 Å². The summed E-state index contributed by atoms with van der Waals surface area (Å²) >= 11 is 1.38. The van der Waals surface area contributed by atoms with Crippen molar-refractivity contribution in [3.05, 3.63) is 21.4 Å². The molecule has 108 valence electrons. The Balaban J connectivity index is 1.84. The zero-order valence-electron chi connectivity index (χ0n) is 11.4. The van der Waals surface area contributed by atoms with Crippen LogP contribution in [0.25, 0.3) is 0 Å². The van der Waals surface area contributed by atoms with Crippen molar-refractivity contribution >= 4 is 29.1 Å². The van der Waals surface area contributed by atoms with Gasteiger partial charge in [-0.2, -0.15) is 0 Å². The Morgan fingerprint density at radius 1 is 1.25 bits per heavy atom. The van der Waals surface area contributed by atoms with Crippen LogP contribution in [0.4, 0.5) is 0 Å². The van der Waals surface area contributed by atoms with E-state index in [1.54, 1.807) is 6.07 Å². The molecule has 20 heavy (non-hydrogen) atoms. The quantitative estimate of drug-likeness (QED) is 0.565. The largest absolute Gasteiger partial charge is 0.345 e. The van der Waals surface area contributed by atoms with Crippen molar-refractivity contribution in [3.8, 4) is 0 Å². The number of hydrogen-bond donors (Lipinski definition) is 3. The topological polar surface area (TPSA) is 87.3 Å². The third kappa shape index (κ3) is 3.57. The molecule has 1 aromatic rings. The molecule has 3 N–H and O–H groups in total. The molecular formula is C13H17N3O3S. The van der Waals surface area contributed by atoms with Gasteiger partial charge >= 0.3 is 11.8 Å². The van der Waals surface area contributed by atoms with E-state index in [0.717, 1.165) is 29.7 Å². The maximum absolute atomic E-state index is 11.8. The van der Waals surface area contributed by atoms with Crippen LogP contribution >= 0.6 is 11.3 Å². The smallest absolute Gasteiger partial charge is 0.327 e. The zero-order valence-corrected chi connectivity index (χ0v) is 12.2. The van der Waals surface area contributed by atoms with Crippen LogP contribution in [0.3, 0.4) is 0 Å². The first-order chi connectivity index (χ1) is 9.51. The molecule has 1 saturated carbocycles. The van der Waals surface area contributed by atoms with E-state index in [-0.39, 0.29) is 6.04 Å². The first-order valence-electron chi connectivity index (χ1n) is 6.51. The molecule has 1 aliphatic rings. The average Bonchev–Trinajstić information content (AvgIpc) is 3.15. The molecule has 0 aromatic carbocycles. The minimum absolute atomic E-state index is 0.107. The summed E-state index contributed by atoms with van der Waals surface area (Å²) in [7, 11) is 0. The molecule has 0 radical (unpaired) electrons. The summed E-state index contributed by atoms with van der Waals surface area (Å²) in [6, 6.07) is 1.88. The summed E-state index contributed by atoms with van der Waals surface area (Å²) in [5.41, 5.74) is 5.42. The van der Waals surface area contributed by atoms with Gasteiger partial charge in [-0.3, -0.25) is 25.2 Å². The lowest BCUT2D eigenvalue weighted by Crippen LogP contribution is -2.48. The molecule has 3 amide bonds. The van der Waals surface area contributed by atoms with Crippen molar-refractivity contribution in [3.63, 3.8) is 0 Å². The summed E-state index contributed by atoms with van der Waals surface area (Å²) in [6.45, 7) is 3.96. The third-order valence-corrected chi connectivity index (χ3v) is 4.35. The van der Waals surface area contributed by atoms with E-state index in [4.69, 9.17) is 0 Å². The van der Waals surface area contributed by atoms with E-state index in [2.05, 4.69) is 16.2 Å². The molecule has 0 unspecified atom stereocenters. The van der Waals surface area contributed by atoms with Crippen LogP contribution in [-0.2, 0) is 16.0 Å². The molecule has 0 saturated heterocycles. The number of carbonyl (C=O) groups is 3. The SMILES string of the molecule is CCc1sc(C(=O)NNC(=O)C(=O)NC2CC2)cc1C. The first kappa shape index (κ1) is 14.5. The van der Waals surface area contributed by atoms with E-state index in [9.17, 15) is 14.4 Å². The van der Waals surface area contributed by atoms with Gasteiger partial charge in [0.2, 0.25) is 0 Å². The fraction of sp³-hybridized carbons (Fsp3) is 0.462. The summed E-state index contributed by atoms with van der Waals surface area (Å²) < 4.78 is 0. The Morgan fingerprint density at radius 2 is 1.95 bits per heavy atom. The number of amides is 3. The highest BCUT2D eigenvalue weighted by atomic mass is 32.1. The Bertz CT molecular complexity index is 549. The Labute approximate surface area is 120 Å². The predicted octanol–water partition coefficient (Wildman–Crippen LogP) is 0.659. The van der Waals surface area contributed by atoms with Crippen LogP contribution in [0.15, 0.2) is 6.07 Å². The molecule has 6 nitrogen and oxygen atoms in total. The first-order valence-corrected chi connectivity index (χ1v) is 7.33. The van der Waals surface area contributed by atoms with Crippen LogP contribution < -0.4 is 16.2 Å². The monoisotopic (exact) mass is 295 g/mol. The zero-order chi connectivity index (χ0) is 14.7. The summed E-state index contributed by atoms with van der Waals surface area (Å²) in [5.74, 6) is -1.98. The normalized spacial score (nSPS) is 13.7. The van der Waals surface area contributed by atoms with Gasteiger partial charge in [0.25, 0.3) is 5.91 Å². The van der Waals surface area contributed by atoms with Crippen molar-refractivity contribution < 1.29 is 14.4 Å². The van der Waals surface area contributed by atoms with Crippen molar-refractivity contribution in [2.45, 2.75) is 39.2 Å². The van der Waals surface area contributed by atoms with E-state index >= 15 is 0 Å². The molecule has 1 fully saturated rings. The number of aryl methyl sites for hydroxylation is 2. The molecule has 1 aromatic heterocycles. The maximum Gasteiger partial charge on any atom is 0.327 e. The summed E-state index contributed by atoms with van der Waals surface area (Å²) in [6.07, 6.45) is 2.67. The lowest BCUT2D eigenvalue weighted by molar-refractivity contribution is -0.139. The molecule has 0 aliphatic heterocycles. The number of nitrogens with one attached hydrogen (secondary N) is 3. The highest BCUT2D eigenvalue weighted by molar-refractivity contribution is 7.14. The van der Waals surface area contributed by atoms with E-state index < -0.39 is 17.7 Å². The molecule has 2 rings (SSSR count). The Kier molecular flexibility index (Phi) is 4.39. The van der Waals surface area contributed by atoms with Gasteiger partial charge in [0.1, 0.15) is 0 Å². The van der Waals surface area contributed by atoms with E-state index in [1.165, 1.54) is 11.3 Å². The fourth-order valence-corrected chi connectivity index (χ4v) is 2.70. The van der Waals surface area contributed by atoms with Gasteiger partial charge in [-0.05, 0) is 37.8 Å². The Hall–Kier alpha value is -1.89. The van der Waals surface area contributed by atoms with Crippen LogP contribution in [0.5, 0.6) is 0 Å². The highest BCUT2D eigenvalue weighted by Crippen LogP contribution is 2.22. The van der Waals surface area contributed by atoms with Crippen molar-refractivity contribution in [1.29, 1.82) is 0 Å². The second kappa shape index (κ2) is 6.04. The summed E-state index contributed by atoms with van der Waals surface area (Å²) in [5, 5.41) is 2.54. The molecular weight excluding hydrogens is 278 g/mol. The van der Waals surface area contributed by atoms with E-state index in [1.807, 2.05) is 13.8 Å². The van der Waals surface area contributed by atoms with Crippen molar-refractivity contribution in [2.75, 3.05) is 0 Å². The van der Waals surface area contributed by atoms with Crippen LogP contribution in [0, 0.1) is 6.92 Å². The highest BCUT2D eigenvalue weighted by Gasteiger charge is 2.26. The predicted molar refractivity (Wildman–Crippen MR) is 75.2 cm³/mol. The minimum atomic E-state index is -0.853. The lowest BCUT2D eigenvalue weighted by atomic mass is 10.2. The average molecular weight is 295 g/mol. The molecule has 7 heteroatoms. The van der Waals surface area contributed by atoms with Crippen LogP contribution in [0.1, 0.15) is 39.9 Å². The minimum Gasteiger partial charge on any atom is -0.345 e. The Morgan fingerprint density at radius 3 is 2.50 bits per heavy atom. The molecule has 0 atom stereocenters. The van der Waals surface area contributed by atoms with Gasteiger partial charge in [0.05, 0.1) is 4.88 Å². The van der Waals surface area contributed by atoms with Gasteiger partial charge in [-0.15, -0.1) is 11.3 Å². The molecule has 0 bridgehead atoms. The number of rotatable bonds is 3. The second-order valence-corrected chi connectivity index (χ2v) is 5.86. The van der Waals surface area contributed by atoms with E-state index in [0.29, 0.717) is 4.88 Å². The van der Waals surface area contributed by atoms with Gasteiger partial charge in [0.15, 0.2) is 0 Å². The lowest BCUT2D eigenvalue weighted by Gasteiger charge is -2.06. The third-order valence-electron chi connectivity index (χ3n) is 2.97. The van der Waals surface area contributed by atoms with Crippen molar-refractivity contribution in [1.82, 2.24) is 16.2 Å². The van der Waals surface area contributed by atoms with Gasteiger partial charge < -0.3 is 5.32 Å². The fourth-order valence-electron chi connectivity index (χ4n) is 1.69. The molecule has 0 spiro atoms.